The molecule has 98 valence electrons. The summed E-state index contributed by atoms with van der Waals surface area (Å²) in [5, 5.41) is 12.7. The Labute approximate surface area is 107 Å². The highest BCUT2D eigenvalue weighted by Crippen LogP contribution is 2.21. The molecule has 18 heavy (non-hydrogen) atoms. The van der Waals surface area contributed by atoms with Gasteiger partial charge in [-0.05, 0) is 18.4 Å². The SMILES string of the molecule is CNc1cnccc1C(=O)N1CCC(O)C(C)C1. The maximum Gasteiger partial charge on any atom is 0.256 e. The number of nitrogens with zero attached hydrogens (tertiary/aromatic N) is 2. The number of amides is 1. The lowest BCUT2D eigenvalue weighted by atomic mass is 9.96. The number of anilines is 1. The summed E-state index contributed by atoms with van der Waals surface area (Å²) in [5.41, 5.74) is 1.37. The van der Waals surface area contributed by atoms with E-state index in [9.17, 15) is 9.90 Å². The molecule has 1 saturated heterocycles. The Bertz CT molecular complexity index is 436. The van der Waals surface area contributed by atoms with Crippen LogP contribution in [0.15, 0.2) is 18.5 Å². The van der Waals surface area contributed by atoms with Gasteiger partial charge in [-0.1, -0.05) is 6.92 Å². The Morgan fingerprint density at radius 1 is 1.61 bits per heavy atom. The fourth-order valence-corrected chi connectivity index (χ4v) is 2.27. The predicted octanol–water partition coefficient (Wildman–Crippen LogP) is 0.966. The van der Waals surface area contributed by atoms with Crippen LogP contribution < -0.4 is 5.32 Å². The molecule has 5 nitrogen and oxygen atoms in total. The van der Waals surface area contributed by atoms with Crippen LogP contribution in [-0.2, 0) is 0 Å². The van der Waals surface area contributed by atoms with Gasteiger partial charge >= 0.3 is 0 Å². The molecular formula is C13H19N3O2. The first-order valence-corrected chi connectivity index (χ1v) is 6.22. The predicted molar refractivity (Wildman–Crippen MR) is 69.5 cm³/mol. The number of carbonyl (C=O) groups is 1. The summed E-state index contributed by atoms with van der Waals surface area (Å²) < 4.78 is 0. The van der Waals surface area contributed by atoms with Crippen molar-refractivity contribution in [1.29, 1.82) is 0 Å². The molecule has 0 aliphatic carbocycles. The van der Waals surface area contributed by atoms with E-state index in [0.717, 1.165) is 5.69 Å². The van der Waals surface area contributed by atoms with E-state index in [-0.39, 0.29) is 17.9 Å². The molecule has 1 aliphatic rings. The Morgan fingerprint density at radius 3 is 3.06 bits per heavy atom. The molecule has 5 heteroatoms. The molecule has 1 aliphatic heterocycles. The third kappa shape index (κ3) is 2.46. The molecule has 0 saturated carbocycles. The minimum atomic E-state index is -0.296. The number of aromatic nitrogens is 1. The van der Waals surface area contributed by atoms with E-state index in [1.165, 1.54) is 0 Å². The Kier molecular flexibility index (Phi) is 3.81. The summed E-state index contributed by atoms with van der Waals surface area (Å²) in [4.78, 5) is 18.2. The molecule has 1 fully saturated rings. The number of nitrogens with one attached hydrogen (secondary N) is 1. The van der Waals surface area contributed by atoms with Gasteiger partial charge in [0, 0.05) is 26.3 Å². The first-order valence-electron chi connectivity index (χ1n) is 6.22. The van der Waals surface area contributed by atoms with Gasteiger partial charge in [-0.2, -0.15) is 0 Å². The Balaban J connectivity index is 2.16. The number of hydrogen-bond donors (Lipinski definition) is 2. The minimum absolute atomic E-state index is 0.000463. The number of hydrogen-bond acceptors (Lipinski definition) is 4. The second-order valence-electron chi connectivity index (χ2n) is 4.76. The lowest BCUT2D eigenvalue weighted by Gasteiger charge is -2.34. The van der Waals surface area contributed by atoms with Crippen molar-refractivity contribution in [1.82, 2.24) is 9.88 Å². The maximum atomic E-state index is 12.4. The lowest BCUT2D eigenvalue weighted by Crippen LogP contribution is -2.45. The standard InChI is InChI=1S/C13H19N3O2/c1-9-8-16(6-4-12(9)17)13(18)10-3-5-15-7-11(10)14-2/h3,5,7,9,12,14,17H,4,6,8H2,1-2H3. The first-order chi connectivity index (χ1) is 8.63. The van der Waals surface area contributed by atoms with Gasteiger partial charge in [0.15, 0.2) is 0 Å². The summed E-state index contributed by atoms with van der Waals surface area (Å²) in [6.07, 6.45) is 3.62. The summed E-state index contributed by atoms with van der Waals surface area (Å²) in [7, 11) is 1.77. The van der Waals surface area contributed by atoms with Gasteiger partial charge in [0.05, 0.1) is 23.6 Å². The monoisotopic (exact) mass is 249 g/mol. The van der Waals surface area contributed by atoms with E-state index in [1.807, 2.05) is 6.92 Å². The molecule has 2 unspecified atom stereocenters. The average molecular weight is 249 g/mol. The van der Waals surface area contributed by atoms with Crippen molar-refractivity contribution in [3.8, 4) is 0 Å². The van der Waals surface area contributed by atoms with Crippen molar-refractivity contribution in [3.05, 3.63) is 24.0 Å². The van der Waals surface area contributed by atoms with Gasteiger partial charge in [0.25, 0.3) is 5.91 Å². The number of carbonyl (C=O) groups excluding carboxylic acids is 1. The molecule has 1 aromatic rings. The molecule has 2 N–H and O–H groups in total. The van der Waals surface area contributed by atoms with Crippen molar-refractivity contribution in [2.24, 2.45) is 5.92 Å². The highest BCUT2D eigenvalue weighted by atomic mass is 16.3. The molecule has 1 aromatic heterocycles. The fraction of sp³-hybridized carbons (Fsp3) is 0.538. The van der Waals surface area contributed by atoms with Crippen LogP contribution in [0.5, 0.6) is 0 Å². The van der Waals surface area contributed by atoms with E-state index in [4.69, 9.17) is 0 Å². The molecule has 0 aromatic carbocycles. The summed E-state index contributed by atoms with van der Waals surface area (Å²) in [5.74, 6) is 0.128. The average Bonchev–Trinajstić information content (AvgIpc) is 2.41. The van der Waals surface area contributed by atoms with Crippen LogP contribution in [0.3, 0.4) is 0 Å². The van der Waals surface area contributed by atoms with Crippen LogP contribution in [0.4, 0.5) is 5.69 Å². The van der Waals surface area contributed by atoms with Crippen molar-refractivity contribution in [2.45, 2.75) is 19.4 Å². The third-order valence-corrected chi connectivity index (χ3v) is 3.47. The number of piperidine rings is 1. The third-order valence-electron chi connectivity index (χ3n) is 3.47. The molecule has 2 heterocycles. The van der Waals surface area contributed by atoms with Gasteiger partial charge in [0.2, 0.25) is 0 Å². The van der Waals surface area contributed by atoms with Crippen LogP contribution in [0.1, 0.15) is 23.7 Å². The first kappa shape index (κ1) is 12.8. The van der Waals surface area contributed by atoms with Gasteiger partial charge in [-0.3, -0.25) is 9.78 Å². The van der Waals surface area contributed by atoms with E-state index >= 15 is 0 Å². The smallest absolute Gasteiger partial charge is 0.256 e. The molecule has 0 radical (unpaired) electrons. The second-order valence-corrected chi connectivity index (χ2v) is 4.76. The summed E-state index contributed by atoms with van der Waals surface area (Å²) in [6.45, 7) is 3.18. The minimum Gasteiger partial charge on any atom is -0.393 e. The van der Waals surface area contributed by atoms with Crippen LogP contribution in [0.2, 0.25) is 0 Å². The summed E-state index contributed by atoms with van der Waals surface area (Å²) >= 11 is 0. The molecule has 2 atom stereocenters. The van der Waals surface area contributed by atoms with Crippen molar-refractivity contribution >= 4 is 11.6 Å². The fourth-order valence-electron chi connectivity index (χ4n) is 2.27. The number of aliphatic hydroxyl groups is 1. The van der Waals surface area contributed by atoms with Crippen molar-refractivity contribution in [3.63, 3.8) is 0 Å². The Hall–Kier alpha value is -1.62. The quantitative estimate of drug-likeness (QED) is 0.819. The number of likely N-dealkylation sites (tertiary alicyclic amines) is 1. The Morgan fingerprint density at radius 2 is 2.39 bits per heavy atom. The zero-order valence-electron chi connectivity index (χ0n) is 10.8. The number of pyridine rings is 1. The van der Waals surface area contributed by atoms with Gasteiger partial charge in [0.1, 0.15) is 0 Å². The topological polar surface area (TPSA) is 65.5 Å². The largest absolute Gasteiger partial charge is 0.393 e. The molecule has 0 spiro atoms. The highest BCUT2D eigenvalue weighted by molar-refractivity contribution is 5.99. The van der Waals surface area contributed by atoms with Crippen LogP contribution >= 0.6 is 0 Å². The van der Waals surface area contributed by atoms with E-state index < -0.39 is 0 Å². The second kappa shape index (κ2) is 5.35. The molecule has 1 amide bonds. The van der Waals surface area contributed by atoms with Crippen molar-refractivity contribution < 1.29 is 9.90 Å². The molecular weight excluding hydrogens is 230 g/mol. The van der Waals surface area contributed by atoms with E-state index in [2.05, 4.69) is 10.3 Å². The van der Waals surface area contributed by atoms with Crippen molar-refractivity contribution in [2.75, 3.05) is 25.5 Å². The number of aliphatic hydroxyl groups excluding tert-OH is 1. The van der Waals surface area contributed by atoms with Crippen LogP contribution in [-0.4, -0.2) is 47.1 Å². The zero-order chi connectivity index (χ0) is 13.1. The lowest BCUT2D eigenvalue weighted by molar-refractivity contribution is 0.0298. The highest BCUT2D eigenvalue weighted by Gasteiger charge is 2.28. The summed E-state index contributed by atoms with van der Waals surface area (Å²) in [6, 6.07) is 1.73. The molecule has 2 rings (SSSR count). The zero-order valence-corrected chi connectivity index (χ0v) is 10.8. The normalized spacial score (nSPS) is 23.8. The van der Waals surface area contributed by atoms with E-state index in [0.29, 0.717) is 25.1 Å². The van der Waals surface area contributed by atoms with Crippen LogP contribution in [0.25, 0.3) is 0 Å². The molecule has 0 bridgehead atoms. The van der Waals surface area contributed by atoms with Gasteiger partial charge in [-0.15, -0.1) is 0 Å². The van der Waals surface area contributed by atoms with E-state index in [1.54, 1.807) is 30.4 Å². The van der Waals surface area contributed by atoms with Gasteiger partial charge in [-0.25, -0.2) is 0 Å². The number of rotatable bonds is 2. The van der Waals surface area contributed by atoms with Gasteiger partial charge < -0.3 is 15.3 Å². The van der Waals surface area contributed by atoms with Crippen LogP contribution in [0, 0.1) is 5.92 Å². The maximum absolute atomic E-state index is 12.4.